The molecule has 0 saturated heterocycles. The number of aromatic hydroxyl groups is 1. The smallest absolute Gasteiger partial charge is 0.127 e. The minimum Gasteiger partial charge on any atom is -0.508 e. The first-order valence-electron chi connectivity index (χ1n) is 4.60. The van der Waals surface area contributed by atoms with Crippen molar-refractivity contribution in [2.75, 3.05) is 6.61 Å². The molecule has 1 atom stereocenters. The van der Waals surface area contributed by atoms with Gasteiger partial charge in [-0.05, 0) is 13.0 Å². The van der Waals surface area contributed by atoms with Gasteiger partial charge in [-0.25, -0.2) is 0 Å². The fraction of sp³-hybridized carbons (Fsp3) is 0.364. The van der Waals surface area contributed by atoms with Gasteiger partial charge in [0.1, 0.15) is 17.8 Å². The Hall–Kier alpha value is -1.51. The quantitative estimate of drug-likeness (QED) is 0.746. The van der Waals surface area contributed by atoms with Crippen LogP contribution in [0.4, 0.5) is 0 Å². The summed E-state index contributed by atoms with van der Waals surface area (Å²) >= 11 is 0. The predicted molar refractivity (Wildman–Crippen MR) is 53.8 cm³/mol. The van der Waals surface area contributed by atoms with Crippen molar-refractivity contribution in [3.05, 3.63) is 23.8 Å². The van der Waals surface area contributed by atoms with Crippen molar-refractivity contribution in [1.82, 2.24) is 0 Å². The van der Waals surface area contributed by atoms with Crippen molar-refractivity contribution >= 4 is 6.29 Å². The van der Waals surface area contributed by atoms with Crippen LogP contribution in [0.15, 0.2) is 18.2 Å². The number of benzene rings is 1. The van der Waals surface area contributed by atoms with Crippen molar-refractivity contribution in [1.29, 1.82) is 0 Å². The minimum atomic E-state index is -0.211. The van der Waals surface area contributed by atoms with Crippen LogP contribution < -0.4 is 4.74 Å². The SMILES string of the molecule is CCOc1cc(O)ccc1C(C)C=O. The number of phenols is 1. The summed E-state index contributed by atoms with van der Waals surface area (Å²) in [7, 11) is 0. The van der Waals surface area contributed by atoms with E-state index in [0.29, 0.717) is 12.4 Å². The normalized spacial score (nSPS) is 12.1. The lowest BCUT2D eigenvalue weighted by Crippen LogP contribution is -2.00. The minimum absolute atomic E-state index is 0.148. The van der Waals surface area contributed by atoms with E-state index in [9.17, 15) is 9.90 Å². The first-order chi connectivity index (χ1) is 6.69. The van der Waals surface area contributed by atoms with E-state index in [1.807, 2.05) is 6.92 Å². The summed E-state index contributed by atoms with van der Waals surface area (Å²) in [5, 5.41) is 9.25. The summed E-state index contributed by atoms with van der Waals surface area (Å²) in [5.74, 6) is 0.513. The van der Waals surface area contributed by atoms with Crippen molar-refractivity contribution in [2.24, 2.45) is 0 Å². The molecule has 3 heteroatoms. The van der Waals surface area contributed by atoms with Gasteiger partial charge in [-0.2, -0.15) is 0 Å². The lowest BCUT2D eigenvalue weighted by atomic mass is 10.0. The van der Waals surface area contributed by atoms with Gasteiger partial charge in [0.25, 0.3) is 0 Å². The maximum absolute atomic E-state index is 10.6. The fourth-order valence-corrected chi connectivity index (χ4v) is 1.25. The second kappa shape index (κ2) is 4.65. The van der Waals surface area contributed by atoms with E-state index in [1.54, 1.807) is 19.1 Å². The third-order valence-corrected chi connectivity index (χ3v) is 1.99. The van der Waals surface area contributed by atoms with Crippen molar-refractivity contribution in [3.8, 4) is 11.5 Å². The van der Waals surface area contributed by atoms with Gasteiger partial charge >= 0.3 is 0 Å². The lowest BCUT2D eigenvalue weighted by molar-refractivity contribution is -0.108. The molecule has 76 valence electrons. The van der Waals surface area contributed by atoms with Crippen LogP contribution in [0.3, 0.4) is 0 Å². The molecule has 1 unspecified atom stereocenters. The maximum atomic E-state index is 10.6. The molecular weight excluding hydrogens is 180 g/mol. The summed E-state index contributed by atoms with van der Waals surface area (Å²) in [6.45, 7) is 4.17. The zero-order valence-corrected chi connectivity index (χ0v) is 8.36. The molecule has 1 rings (SSSR count). The molecule has 0 aliphatic carbocycles. The van der Waals surface area contributed by atoms with Crippen LogP contribution in [0.25, 0.3) is 0 Å². The topological polar surface area (TPSA) is 46.5 Å². The van der Waals surface area contributed by atoms with E-state index in [2.05, 4.69) is 0 Å². The summed E-state index contributed by atoms with van der Waals surface area (Å²) in [5.41, 5.74) is 0.805. The lowest BCUT2D eigenvalue weighted by Gasteiger charge is -2.12. The first-order valence-corrected chi connectivity index (χ1v) is 4.60. The zero-order chi connectivity index (χ0) is 10.6. The molecule has 0 heterocycles. The van der Waals surface area contributed by atoms with E-state index in [-0.39, 0.29) is 11.7 Å². The van der Waals surface area contributed by atoms with E-state index in [1.165, 1.54) is 6.07 Å². The molecule has 0 amide bonds. The van der Waals surface area contributed by atoms with Crippen LogP contribution in [0.1, 0.15) is 25.3 Å². The maximum Gasteiger partial charge on any atom is 0.127 e. The Morgan fingerprint density at radius 2 is 2.29 bits per heavy atom. The second-order valence-electron chi connectivity index (χ2n) is 3.08. The molecule has 0 radical (unpaired) electrons. The Kier molecular flexibility index (Phi) is 3.51. The highest BCUT2D eigenvalue weighted by Gasteiger charge is 2.11. The van der Waals surface area contributed by atoms with Gasteiger partial charge in [0.05, 0.1) is 6.61 Å². The summed E-state index contributed by atoms with van der Waals surface area (Å²) in [6.07, 6.45) is 0.856. The largest absolute Gasteiger partial charge is 0.508 e. The highest BCUT2D eigenvalue weighted by molar-refractivity contribution is 5.64. The molecule has 3 nitrogen and oxygen atoms in total. The number of carbonyl (C=O) groups excluding carboxylic acids is 1. The Balaban J connectivity index is 3.07. The molecule has 0 aliphatic heterocycles. The molecule has 0 saturated carbocycles. The number of carbonyl (C=O) groups is 1. The fourth-order valence-electron chi connectivity index (χ4n) is 1.25. The second-order valence-corrected chi connectivity index (χ2v) is 3.08. The van der Waals surface area contributed by atoms with E-state index in [0.717, 1.165) is 11.8 Å². The van der Waals surface area contributed by atoms with Gasteiger partial charge in [-0.1, -0.05) is 13.0 Å². The van der Waals surface area contributed by atoms with Gasteiger partial charge in [-0.15, -0.1) is 0 Å². The van der Waals surface area contributed by atoms with Gasteiger partial charge in [0.2, 0.25) is 0 Å². The molecule has 0 spiro atoms. The first kappa shape index (κ1) is 10.6. The molecule has 1 aromatic rings. The number of hydrogen-bond acceptors (Lipinski definition) is 3. The monoisotopic (exact) mass is 194 g/mol. The molecule has 1 aromatic carbocycles. The summed E-state index contributed by atoms with van der Waals surface area (Å²) < 4.78 is 5.32. The highest BCUT2D eigenvalue weighted by atomic mass is 16.5. The number of hydrogen-bond donors (Lipinski definition) is 1. The van der Waals surface area contributed by atoms with Crippen molar-refractivity contribution in [2.45, 2.75) is 19.8 Å². The third kappa shape index (κ3) is 2.25. The van der Waals surface area contributed by atoms with Crippen LogP contribution in [0, 0.1) is 0 Å². The Morgan fingerprint density at radius 3 is 2.86 bits per heavy atom. The van der Waals surface area contributed by atoms with E-state index >= 15 is 0 Å². The molecule has 0 aliphatic rings. The molecule has 14 heavy (non-hydrogen) atoms. The van der Waals surface area contributed by atoms with Gasteiger partial charge in [0, 0.05) is 17.5 Å². The summed E-state index contributed by atoms with van der Waals surface area (Å²) in [6, 6.07) is 4.79. The molecule has 0 aromatic heterocycles. The Morgan fingerprint density at radius 1 is 1.57 bits per heavy atom. The van der Waals surface area contributed by atoms with Crippen LogP contribution in [-0.2, 0) is 4.79 Å². The van der Waals surface area contributed by atoms with Crippen molar-refractivity contribution < 1.29 is 14.6 Å². The molecule has 0 fully saturated rings. The average molecular weight is 194 g/mol. The average Bonchev–Trinajstić information content (AvgIpc) is 2.17. The van der Waals surface area contributed by atoms with Gasteiger partial charge in [-0.3, -0.25) is 0 Å². The number of ether oxygens (including phenoxy) is 1. The summed E-state index contributed by atoms with van der Waals surface area (Å²) in [4.78, 5) is 10.6. The van der Waals surface area contributed by atoms with Gasteiger partial charge in [0.15, 0.2) is 0 Å². The highest BCUT2D eigenvalue weighted by Crippen LogP contribution is 2.29. The van der Waals surface area contributed by atoms with Crippen LogP contribution in [0.5, 0.6) is 11.5 Å². The van der Waals surface area contributed by atoms with Gasteiger partial charge < -0.3 is 14.6 Å². The Labute approximate surface area is 83.3 Å². The van der Waals surface area contributed by atoms with Crippen LogP contribution in [0.2, 0.25) is 0 Å². The zero-order valence-electron chi connectivity index (χ0n) is 8.36. The van der Waals surface area contributed by atoms with Crippen molar-refractivity contribution in [3.63, 3.8) is 0 Å². The van der Waals surface area contributed by atoms with Crippen LogP contribution >= 0.6 is 0 Å². The van der Waals surface area contributed by atoms with E-state index < -0.39 is 0 Å². The number of phenolic OH excluding ortho intramolecular Hbond substituents is 1. The molecule has 0 bridgehead atoms. The standard InChI is InChI=1S/C11H14O3/c1-3-14-11-6-9(13)4-5-10(11)8(2)7-12/h4-8,13H,3H2,1-2H3. The Bertz CT molecular complexity index is 320. The molecular formula is C11H14O3. The molecule has 1 N–H and O–H groups in total. The predicted octanol–water partition coefficient (Wildman–Crippen LogP) is 2.09. The number of aldehydes is 1. The third-order valence-electron chi connectivity index (χ3n) is 1.99. The van der Waals surface area contributed by atoms with E-state index in [4.69, 9.17) is 4.74 Å². The number of rotatable bonds is 4. The van der Waals surface area contributed by atoms with Crippen LogP contribution in [-0.4, -0.2) is 18.0 Å².